The maximum Gasteiger partial charge on any atom is 0.265 e. The molecule has 0 spiro atoms. The molecule has 2 rings (SSSR count). The van der Waals surface area contributed by atoms with E-state index in [-0.39, 0.29) is 0 Å². The van der Waals surface area contributed by atoms with Crippen LogP contribution in [0.1, 0.15) is 37.5 Å². The Balaban J connectivity index is 2.17. The van der Waals surface area contributed by atoms with E-state index in [1.165, 1.54) is 40.3 Å². The van der Waals surface area contributed by atoms with E-state index in [1.54, 1.807) is 0 Å². The lowest BCUT2D eigenvalue weighted by Crippen LogP contribution is -2.57. The molecule has 0 saturated carbocycles. The molecule has 1 aromatic carbocycles. The van der Waals surface area contributed by atoms with Crippen LogP contribution >= 0.6 is 0 Å². The van der Waals surface area contributed by atoms with Crippen molar-refractivity contribution in [3.05, 3.63) is 28.8 Å². The molecule has 8 heteroatoms. The number of sulfonamides is 1. The molecule has 2 N–H and O–H groups in total. The van der Waals surface area contributed by atoms with Gasteiger partial charge in [0.2, 0.25) is 10.0 Å². The van der Waals surface area contributed by atoms with Crippen LogP contribution in [-0.4, -0.2) is 54.8 Å². The highest BCUT2D eigenvalue weighted by Gasteiger charge is 2.46. The Hall–Kier alpha value is -1.64. The van der Waals surface area contributed by atoms with Crippen molar-refractivity contribution in [2.24, 2.45) is 0 Å². The first-order chi connectivity index (χ1) is 12.1. The summed E-state index contributed by atoms with van der Waals surface area (Å²) in [6.07, 6.45) is 0.987. The molecular formula is C18H29N3O4S. The molecule has 146 valence electrons. The molecule has 26 heavy (non-hydrogen) atoms. The van der Waals surface area contributed by atoms with E-state index < -0.39 is 20.7 Å². The summed E-state index contributed by atoms with van der Waals surface area (Å²) < 4.78 is 25.2. The SMILES string of the molecule is CCc1ccc(N2CCN(S(=O)(=O)C(C)(C)C(=O)NO)CC2)c(C)c1C. The summed E-state index contributed by atoms with van der Waals surface area (Å²) in [5, 5.41) is 8.83. The van der Waals surface area contributed by atoms with Gasteiger partial charge in [-0.15, -0.1) is 0 Å². The summed E-state index contributed by atoms with van der Waals surface area (Å²) in [6.45, 7) is 10.7. The van der Waals surface area contributed by atoms with Gasteiger partial charge in [-0.2, -0.15) is 4.31 Å². The van der Waals surface area contributed by atoms with Crippen molar-refractivity contribution < 1.29 is 18.4 Å². The van der Waals surface area contributed by atoms with Gasteiger partial charge in [0, 0.05) is 31.9 Å². The van der Waals surface area contributed by atoms with E-state index in [2.05, 4.69) is 37.8 Å². The number of hydrogen-bond donors (Lipinski definition) is 2. The third kappa shape index (κ3) is 3.45. The summed E-state index contributed by atoms with van der Waals surface area (Å²) >= 11 is 0. The van der Waals surface area contributed by atoms with Crippen molar-refractivity contribution in [3.63, 3.8) is 0 Å². The smallest absolute Gasteiger partial charge is 0.265 e. The van der Waals surface area contributed by atoms with Crippen molar-refractivity contribution in [3.8, 4) is 0 Å². The number of rotatable bonds is 5. The largest absolute Gasteiger partial charge is 0.369 e. The van der Waals surface area contributed by atoms with Crippen molar-refractivity contribution in [2.45, 2.75) is 45.8 Å². The number of carbonyl (C=O) groups is 1. The Bertz CT molecular complexity index is 782. The zero-order valence-electron chi connectivity index (χ0n) is 16.2. The van der Waals surface area contributed by atoms with Crippen LogP contribution in [0, 0.1) is 13.8 Å². The average molecular weight is 384 g/mol. The molecule has 1 aliphatic rings. The van der Waals surface area contributed by atoms with Gasteiger partial charge in [0.25, 0.3) is 5.91 Å². The monoisotopic (exact) mass is 383 g/mol. The molecule has 7 nitrogen and oxygen atoms in total. The van der Waals surface area contributed by atoms with Gasteiger partial charge in [-0.1, -0.05) is 13.0 Å². The Kier molecular flexibility index (Phi) is 5.99. The fraction of sp³-hybridized carbons (Fsp3) is 0.611. The molecular weight excluding hydrogens is 354 g/mol. The quantitative estimate of drug-likeness (QED) is 0.595. The number of hydroxylamine groups is 1. The van der Waals surface area contributed by atoms with E-state index in [9.17, 15) is 13.2 Å². The van der Waals surface area contributed by atoms with Gasteiger partial charge >= 0.3 is 0 Å². The van der Waals surface area contributed by atoms with Gasteiger partial charge in [0.1, 0.15) is 0 Å². The first-order valence-corrected chi connectivity index (χ1v) is 10.3. The van der Waals surface area contributed by atoms with Crippen LogP contribution in [0.15, 0.2) is 12.1 Å². The van der Waals surface area contributed by atoms with Crippen LogP contribution in [0.3, 0.4) is 0 Å². The molecule has 0 bridgehead atoms. The van der Waals surface area contributed by atoms with Gasteiger partial charge in [-0.05, 0) is 56.9 Å². The number of aryl methyl sites for hydroxylation is 1. The maximum atomic E-state index is 12.8. The Labute approximate surface area is 156 Å². The fourth-order valence-corrected chi connectivity index (χ4v) is 4.90. The molecule has 1 aromatic rings. The number of nitrogens with zero attached hydrogens (tertiary/aromatic N) is 2. The highest BCUT2D eigenvalue weighted by molar-refractivity contribution is 7.91. The normalized spacial score (nSPS) is 16.6. The van der Waals surface area contributed by atoms with E-state index >= 15 is 0 Å². The number of piperazine rings is 1. The number of hydrogen-bond acceptors (Lipinski definition) is 5. The lowest BCUT2D eigenvalue weighted by molar-refractivity contribution is -0.131. The second-order valence-corrected chi connectivity index (χ2v) is 9.68. The van der Waals surface area contributed by atoms with Gasteiger partial charge in [0.15, 0.2) is 4.75 Å². The minimum absolute atomic E-state index is 0.304. The zero-order valence-corrected chi connectivity index (χ0v) is 17.0. The predicted octanol–water partition coefficient (Wildman–Crippen LogP) is 1.60. The van der Waals surface area contributed by atoms with Crippen molar-refractivity contribution in [1.82, 2.24) is 9.79 Å². The highest BCUT2D eigenvalue weighted by atomic mass is 32.2. The van der Waals surface area contributed by atoms with Crippen molar-refractivity contribution >= 4 is 21.6 Å². The third-order valence-corrected chi connectivity index (χ3v) is 7.98. The van der Waals surface area contributed by atoms with Crippen LogP contribution in [0.2, 0.25) is 0 Å². The topological polar surface area (TPSA) is 90.0 Å². The minimum Gasteiger partial charge on any atom is -0.369 e. The molecule has 0 radical (unpaired) electrons. The molecule has 0 unspecified atom stereocenters. The zero-order chi connectivity index (χ0) is 19.7. The molecule has 0 aromatic heterocycles. The standard InChI is InChI=1S/C18H29N3O4S/c1-6-15-7-8-16(14(3)13(15)2)20-9-11-21(12-10-20)26(24,25)18(4,5)17(22)19-23/h7-8,23H,6,9-12H2,1-5H3,(H,19,22). The first-order valence-electron chi connectivity index (χ1n) is 8.86. The maximum absolute atomic E-state index is 12.8. The molecule has 1 heterocycles. The summed E-state index contributed by atoms with van der Waals surface area (Å²) in [5.41, 5.74) is 6.41. The van der Waals surface area contributed by atoms with Crippen molar-refractivity contribution in [2.75, 3.05) is 31.1 Å². The van der Waals surface area contributed by atoms with E-state index in [4.69, 9.17) is 5.21 Å². The molecule has 1 amide bonds. The number of carbonyl (C=O) groups excluding carboxylic acids is 1. The van der Waals surface area contributed by atoms with E-state index in [0.29, 0.717) is 26.2 Å². The lowest BCUT2D eigenvalue weighted by atomic mass is 9.99. The van der Waals surface area contributed by atoms with Crippen LogP contribution < -0.4 is 10.4 Å². The van der Waals surface area contributed by atoms with E-state index in [0.717, 1.165) is 12.1 Å². The molecule has 1 fully saturated rings. The second-order valence-electron chi connectivity index (χ2n) is 7.19. The number of nitrogens with one attached hydrogen (secondary N) is 1. The van der Waals surface area contributed by atoms with Crippen LogP contribution in [0.4, 0.5) is 5.69 Å². The van der Waals surface area contributed by atoms with Gasteiger partial charge in [-0.3, -0.25) is 10.0 Å². The predicted molar refractivity (Wildman–Crippen MR) is 102 cm³/mol. The molecule has 1 aliphatic heterocycles. The Morgan fingerprint density at radius 2 is 1.73 bits per heavy atom. The molecule has 0 aliphatic carbocycles. The van der Waals surface area contributed by atoms with Gasteiger partial charge in [0.05, 0.1) is 0 Å². The molecule has 1 saturated heterocycles. The number of benzene rings is 1. The summed E-state index contributed by atoms with van der Waals surface area (Å²) in [6, 6.07) is 4.24. The van der Waals surface area contributed by atoms with E-state index in [1.807, 2.05) is 0 Å². The van der Waals surface area contributed by atoms with Crippen LogP contribution in [-0.2, 0) is 21.2 Å². The van der Waals surface area contributed by atoms with Crippen molar-refractivity contribution in [1.29, 1.82) is 0 Å². The number of anilines is 1. The summed E-state index contributed by atoms with van der Waals surface area (Å²) in [7, 11) is -3.87. The van der Waals surface area contributed by atoms with Gasteiger partial charge in [-0.25, -0.2) is 13.9 Å². The summed E-state index contributed by atoms with van der Waals surface area (Å²) in [4.78, 5) is 14.0. The highest BCUT2D eigenvalue weighted by Crippen LogP contribution is 2.29. The Morgan fingerprint density at radius 1 is 1.15 bits per heavy atom. The van der Waals surface area contributed by atoms with Gasteiger partial charge < -0.3 is 4.90 Å². The van der Waals surface area contributed by atoms with Crippen LogP contribution in [0.25, 0.3) is 0 Å². The second kappa shape index (κ2) is 7.54. The number of amides is 1. The average Bonchev–Trinajstić information content (AvgIpc) is 2.63. The fourth-order valence-electron chi connectivity index (χ4n) is 3.33. The summed E-state index contributed by atoms with van der Waals surface area (Å²) in [5.74, 6) is -0.929. The van der Waals surface area contributed by atoms with Crippen LogP contribution in [0.5, 0.6) is 0 Å². The third-order valence-electron chi connectivity index (χ3n) is 5.46. The molecule has 0 atom stereocenters. The first kappa shape index (κ1) is 20.7. The minimum atomic E-state index is -3.87. The lowest BCUT2D eigenvalue weighted by Gasteiger charge is -2.39. The Morgan fingerprint density at radius 3 is 2.23 bits per heavy atom.